The molecular weight excluding hydrogens is 220 g/mol. The summed E-state index contributed by atoms with van der Waals surface area (Å²) in [6, 6.07) is 8.70. The van der Waals surface area contributed by atoms with Gasteiger partial charge >= 0.3 is 0 Å². The van der Waals surface area contributed by atoms with E-state index in [4.69, 9.17) is 0 Å². The Hall–Kier alpha value is -1.12. The third kappa shape index (κ3) is 5.03. The lowest BCUT2D eigenvalue weighted by Crippen LogP contribution is -2.25. The molecule has 0 aliphatic carbocycles. The number of hydrogen-bond acceptors (Lipinski definition) is 2. The lowest BCUT2D eigenvalue weighted by Gasteiger charge is -2.21. The maximum Gasteiger partial charge on any atom is 0.0240 e. The fourth-order valence-corrected chi connectivity index (χ4v) is 2.12. The summed E-state index contributed by atoms with van der Waals surface area (Å²) in [5, 5.41) is 3.40. The Kier molecular flexibility index (Phi) is 7.38. The van der Waals surface area contributed by atoms with E-state index in [1.54, 1.807) is 0 Å². The molecule has 0 heterocycles. The highest BCUT2D eigenvalue weighted by atomic mass is 15.1. The number of nitrogens with one attached hydrogen (secondary N) is 1. The van der Waals surface area contributed by atoms with Gasteiger partial charge in [-0.2, -0.15) is 0 Å². The number of nitrogens with zero attached hydrogens (tertiary/aromatic N) is 1. The molecule has 0 aliphatic heterocycles. The van der Waals surface area contributed by atoms with E-state index in [0.29, 0.717) is 0 Å². The van der Waals surface area contributed by atoms with Gasteiger partial charge < -0.3 is 5.32 Å². The van der Waals surface area contributed by atoms with Crippen molar-refractivity contribution in [1.29, 1.82) is 0 Å². The molecule has 0 amide bonds. The number of rotatable bonds is 9. The number of benzene rings is 1. The number of hydrogen-bond donors (Lipinski definition) is 1. The second kappa shape index (κ2) is 8.90. The minimum absolute atomic E-state index is 0.959. The van der Waals surface area contributed by atoms with Gasteiger partial charge in [-0.05, 0) is 30.6 Å². The van der Waals surface area contributed by atoms with Crippen LogP contribution in [0.5, 0.6) is 0 Å². The molecule has 0 unspecified atom stereocenters. The molecular formula is C16H26N2. The molecule has 0 fully saturated rings. The monoisotopic (exact) mass is 246 g/mol. The molecule has 0 saturated heterocycles. The molecule has 1 aromatic carbocycles. The van der Waals surface area contributed by atoms with Gasteiger partial charge in [0.05, 0.1) is 0 Å². The van der Waals surface area contributed by atoms with E-state index in [1.807, 2.05) is 6.08 Å². The van der Waals surface area contributed by atoms with Gasteiger partial charge in [0.25, 0.3) is 0 Å². The topological polar surface area (TPSA) is 15.3 Å². The van der Waals surface area contributed by atoms with Crippen LogP contribution >= 0.6 is 0 Å². The van der Waals surface area contributed by atoms with E-state index in [2.05, 4.69) is 54.9 Å². The summed E-state index contributed by atoms with van der Waals surface area (Å²) < 4.78 is 0. The normalized spacial score (nSPS) is 10.8. The summed E-state index contributed by atoms with van der Waals surface area (Å²) in [6.45, 7) is 13.3. The summed E-state index contributed by atoms with van der Waals surface area (Å²) in [6.07, 6.45) is 3.17. The molecule has 18 heavy (non-hydrogen) atoms. The van der Waals surface area contributed by atoms with Gasteiger partial charge in [0, 0.05) is 19.6 Å². The van der Waals surface area contributed by atoms with Gasteiger partial charge in [0.15, 0.2) is 0 Å². The van der Waals surface area contributed by atoms with Gasteiger partial charge in [-0.3, -0.25) is 4.90 Å². The maximum absolute atomic E-state index is 3.84. The predicted molar refractivity (Wildman–Crippen MR) is 79.6 cm³/mol. The van der Waals surface area contributed by atoms with Crippen LogP contribution in [0.3, 0.4) is 0 Å². The van der Waals surface area contributed by atoms with Crippen LogP contribution in [0.1, 0.15) is 31.4 Å². The van der Waals surface area contributed by atoms with Crippen molar-refractivity contribution < 1.29 is 0 Å². The van der Waals surface area contributed by atoms with Crippen molar-refractivity contribution in [2.45, 2.75) is 33.4 Å². The van der Waals surface area contributed by atoms with Crippen molar-refractivity contribution in [3.8, 4) is 0 Å². The largest absolute Gasteiger partial charge is 0.313 e. The molecule has 1 aromatic rings. The third-order valence-corrected chi connectivity index (χ3v) is 3.00. The smallest absolute Gasteiger partial charge is 0.0240 e. The first-order valence-corrected chi connectivity index (χ1v) is 6.92. The van der Waals surface area contributed by atoms with Gasteiger partial charge in [-0.25, -0.2) is 0 Å². The Morgan fingerprint density at radius 1 is 1.22 bits per heavy atom. The maximum atomic E-state index is 3.84. The summed E-state index contributed by atoms with van der Waals surface area (Å²) >= 11 is 0. The van der Waals surface area contributed by atoms with Crippen LogP contribution in [0, 0.1) is 0 Å². The van der Waals surface area contributed by atoms with Crippen LogP contribution in [-0.4, -0.2) is 24.5 Å². The van der Waals surface area contributed by atoms with E-state index >= 15 is 0 Å². The van der Waals surface area contributed by atoms with E-state index in [-0.39, 0.29) is 0 Å². The average molecular weight is 246 g/mol. The van der Waals surface area contributed by atoms with E-state index in [0.717, 1.165) is 32.7 Å². The van der Waals surface area contributed by atoms with Crippen molar-refractivity contribution in [2.24, 2.45) is 0 Å². The van der Waals surface area contributed by atoms with Crippen molar-refractivity contribution >= 4 is 0 Å². The summed E-state index contributed by atoms with van der Waals surface area (Å²) in [5.74, 6) is 0. The first-order chi connectivity index (χ1) is 8.81. The molecule has 0 aromatic heterocycles. The third-order valence-electron chi connectivity index (χ3n) is 3.00. The van der Waals surface area contributed by atoms with Crippen molar-refractivity contribution in [2.75, 3.05) is 19.6 Å². The van der Waals surface area contributed by atoms with Gasteiger partial charge in [0.1, 0.15) is 0 Å². The second-order valence-electron chi connectivity index (χ2n) is 4.57. The quantitative estimate of drug-likeness (QED) is 0.673. The minimum Gasteiger partial charge on any atom is -0.313 e. The zero-order valence-electron chi connectivity index (χ0n) is 11.8. The van der Waals surface area contributed by atoms with Crippen LogP contribution in [0.25, 0.3) is 0 Å². The van der Waals surface area contributed by atoms with Gasteiger partial charge in [0.2, 0.25) is 0 Å². The Balaban J connectivity index is 2.70. The van der Waals surface area contributed by atoms with Crippen LogP contribution < -0.4 is 5.32 Å². The van der Waals surface area contributed by atoms with Crippen molar-refractivity contribution in [1.82, 2.24) is 10.2 Å². The molecule has 0 spiro atoms. The molecule has 1 N–H and O–H groups in total. The van der Waals surface area contributed by atoms with Gasteiger partial charge in [-0.1, -0.05) is 44.2 Å². The SMILES string of the molecule is C=CCN(CCC)Cc1ccccc1CNCC. The van der Waals surface area contributed by atoms with E-state index < -0.39 is 0 Å². The first kappa shape index (κ1) is 14.9. The van der Waals surface area contributed by atoms with Crippen molar-refractivity contribution in [3.05, 3.63) is 48.0 Å². The summed E-state index contributed by atoms with van der Waals surface area (Å²) in [5.41, 5.74) is 2.83. The summed E-state index contributed by atoms with van der Waals surface area (Å²) in [7, 11) is 0. The highest BCUT2D eigenvalue weighted by molar-refractivity contribution is 5.27. The van der Waals surface area contributed by atoms with E-state index in [9.17, 15) is 0 Å². The molecule has 0 atom stereocenters. The van der Waals surface area contributed by atoms with Crippen LogP contribution in [0.15, 0.2) is 36.9 Å². The zero-order valence-corrected chi connectivity index (χ0v) is 11.8. The van der Waals surface area contributed by atoms with Crippen LogP contribution in [0.2, 0.25) is 0 Å². The first-order valence-electron chi connectivity index (χ1n) is 6.92. The van der Waals surface area contributed by atoms with Gasteiger partial charge in [-0.15, -0.1) is 6.58 Å². The fourth-order valence-electron chi connectivity index (χ4n) is 2.12. The van der Waals surface area contributed by atoms with Crippen molar-refractivity contribution in [3.63, 3.8) is 0 Å². The Labute approximate surface area is 112 Å². The molecule has 100 valence electrons. The molecule has 0 aliphatic rings. The molecule has 1 rings (SSSR count). The summed E-state index contributed by atoms with van der Waals surface area (Å²) in [4.78, 5) is 2.44. The minimum atomic E-state index is 0.959. The Bertz CT molecular complexity index is 347. The average Bonchev–Trinajstić information content (AvgIpc) is 2.38. The van der Waals surface area contributed by atoms with Crippen LogP contribution in [-0.2, 0) is 13.1 Å². The second-order valence-corrected chi connectivity index (χ2v) is 4.57. The zero-order chi connectivity index (χ0) is 13.2. The lowest BCUT2D eigenvalue weighted by atomic mass is 10.1. The fraction of sp³-hybridized carbons (Fsp3) is 0.500. The van der Waals surface area contributed by atoms with E-state index in [1.165, 1.54) is 17.5 Å². The molecule has 0 bridgehead atoms. The lowest BCUT2D eigenvalue weighted by molar-refractivity contribution is 0.294. The highest BCUT2D eigenvalue weighted by Crippen LogP contribution is 2.12. The molecule has 0 radical (unpaired) electrons. The Morgan fingerprint density at radius 2 is 1.94 bits per heavy atom. The van der Waals surface area contributed by atoms with Crippen LogP contribution in [0.4, 0.5) is 0 Å². The Morgan fingerprint density at radius 3 is 2.56 bits per heavy atom. The molecule has 2 nitrogen and oxygen atoms in total. The molecule has 0 saturated carbocycles. The molecule has 2 heteroatoms. The predicted octanol–water partition coefficient (Wildman–Crippen LogP) is 3.19. The highest BCUT2D eigenvalue weighted by Gasteiger charge is 2.06. The standard InChI is InChI=1S/C16H26N2/c1-4-11-18(12-5-2)14-16-10-8-7-9-15(16)13-17-6-3/h4,7-10,17H,1,5-6,11-14H2,2-3H3.